The van der Waals surface area contributed by atoms with Crippen LogP contribution >= 0.6 is 0 Å². The first-order valence-electron chi connectivity index (χ1n) is 6.11. The summed E-state index contributed by atoms with van der Waals surface area (Å²) in [7, 11) is 1.31. The molecule has 0 atom stereocenters. The van der Waals surface area contributed by atoms with Gasteiger partial charge in [0.15, 0.2) is 0 Å². The summed E-state index contributed by atoms with van der Waals surface area (Å²) in [6, 6.07) is 0. The average Bonchev–Trinajstić information content (AvgIpc) is 2.33. The minimum atomic E-state index is -0.782. The Labute approximate surface area is 107 Å². The van der Waals surface area contributed by atoms with Crippen LogP contribution in [-0.2, 0) is 19.1 Å². The smallest absolute Gasteiger partial charge is 0.307 e. The summed E-state index contributed by atoms with van der Waals surface area (Å²) in [6.07, 6.45) is 3.84. The van der Waals surface area contributed by atoms with E-state index in [-0.39, 0.29) is 24.7 Å². The first-order valence-corrected chi connectivity index (χ1v) is 6.11. The van der Waals surface area contributed by atoms with Crippen molar-refractivity contribution in [3.05, 3.63) is 0 Å². The van der Waals surface area contributed by atoms with Gasteiger partial charge in [-0.25, -0.2) is 0 Å². The standard InChI is InChI=1S/C12H21NO5/c1-18-12(17)8-9-13-10(14)6-4-2-3-5-7-11(15)16/h2-9H2,1H3,(H,13,14)(H,15,16). The van der Waals surface area contributed by atoms with Gasteiger partial charge in [0.05, 0.1) is 13.5 Å². The predicted octanol–water partition coefficient (Wildman–Crippen LogP) is 1.09. The van der Waals surface area contributed by atoms with E-state index < -0.39 is 5.97 Å². The lowest BCUT2D eigenvalue weighted by molar-refractivity contribution is -0.140. The maximum absolute atomic E-state index is 11.3. The maximum atomic E-state index is 11.3. The fourth-order valence-electron chi connectivity index (χ4n) is 1.41. The van der Waals surface area contributed by atoms with E-state index in [1.54, 1.807) is 0 Å². The van der Waals surface area contributed by atoms with Crippen molar-refractivity contribution >= 4 is 17.8 Å². The van der Waals surface area contributed by atoms with E-state index in [1.165, 1.54) is 7.11 Å². The second-order valence-corrected chi connectivity index (χ2v) is 3.98. The van der Waals surface area contributed by atoms with Crippen molar-refractivity contribution in [2.75, 3.05) is 13.7 Å². The number of methoxy groups -OCH3 is 1. The van der Waals surface area contributed by atoms with Crippen LogP contribution in [0.4, 0.5) is 0 Å². The number of esters is 1. The number of rotatable bonds is 10. The maximum Gasteiger partial charge on any atom is 0.307 e. The highest BCUT2D eigenvalue weighted by Crippen LogP contribution is 2.05. The predicted molar refractivity (Wildman–Crippen MR) is 65.0 cm³/mol. The van der Waals surface area contributed by atoms with E-state index in [1.807, 2.05) is 0 Å². The summed E-state index contributed by atoms with van der Waals surface area (Å²) in [6.45, 7) is 0.296. The number of ether oxygens (including phenoxy) is 1. The third kappa shape index (κ3) is 10.9. The Hall–Kier alpha value is -1.59. The first kappa shape index (κ1) is 16.4. The monoisotopic (exact) mass is 259 g/mol. The van der Waals surface area contributed by atoms with Crippen LogP contribution in [0.25, 0.3) is 0 Å². The molecule has 0 aromatic heterocycles. The SMILES string of the molecule is COC(=O)CCNC(=O)CCCCCCC(=O)O. The highest BCUT2D eigenvalue weighted by atomic mass is 16.5. The number of carbonyl (C=O) groups is 3. The van der Waals surface area contributed by atoms with Crippen LogP contribution in [0.3, 0.4) is 0 Å². The zero-order valence-corrected chi connectivity index (χ0v) is 10.7. The minimum Gasteiger partial charge on any atom is -0.481 e. The molecule has 18 heavy (non-hydrogen) atoms. The molecular weight excluding hydrogens is 238 g/mol. The van der Waals surface area contributed by atoms with Gasteiger partial charge in [0.1, 0.15) is 0 Å². The summed E-state index contributed by atoms with van der Waals surface area (Å²) in [5, 5.41) is 11.0. The highest BCUT2D eigenvalue weighted by Gasteiger charge is 2.04. The van der Waals surface area contributed by atoms with Gasteiger partial charge in [-0.1, -0.05) is 12.8 Å². The summed E-state index contributed by atoms with van der Waals surface area (Å²) in [4.78, 5) is 32.3. The molecule has 0 aliphatic heterocycles. The Balaban J connectivity index is 3.32. The zero-order valence-electron chi connectivity index (χ0n) is 10.7. The van der Waals surface area contributed by atoms with Gasteiger partial charge in [0.2, 0.25) is 5.91 Å². The lowest BCUT2D eigenvalue weighted by Crippen LogP contribution is -2.25. The lowest BCUT2D eigenvalue weighted by atomic mass is 10.1. The number of nitrogens with one attached hydrogen (secondary N) is 1. The number of carbonyl (C=O) groups excluding carboxylic acids is 2. The number of carboxylic acids is 1. The molecule has 2 N–H and O–H groups in total. The Morgan fingerprint density at radius 1 is 1.00 bits per heavy atom. The number of hydrogen-bond acceptors (Lipinski definition) is 4. The fourth-order valence-corrected chi connectivity index (χ4v) is 1.41. The molecule has 0 bridgehead atoms. The fraction of sp³-hybridized carbons (Fsp3) is 0.750. The van der Waals surface area contributed by atoms with E-state index in [2.05, 4.69) is 10.1 Å². The van der Waals surface area contributed by atoms with Gasteiger partial charge in [-0.05, 0) is 12.8 Å². The molecule has 6 heteroatoms. The molecule has 0 heterocycles. The Bertz CT molecular complexity index is 278. The van der Waals surface area contributed by atoms with Crippen molar-refractivity contribution in [2.45, 2.75) is 44.9 Å². The van der Waals surface area contributed by atoms with Crippen LogP contribution in [0.1, 0.15) is 44.9 Å². The van der Waals surface area contributed by atoms with Gasteiger partial charge in [0, 0.05) is 19.4 Å². The second kappa shape index (κ2) is 10.6. The van der Waals surface area contributed by atoms with Crippen LogP contribution in [0.15, 0.2) is 0 Å². The molecule has 0 unspecified atom stereocenters. The Morgan fingerprint density at radius 2 is 1.61 bits per heavy atom. The molecular formula is C12H21NO5. The Morgan fingerprint density at radius 3 is 2.17 bits per heavy atom. The van der Waals surface area contributed by atoms with Crippen molar-refractivity contribution in [1.82, 2.24) is 5.32 Å². The number of aliphatic carboxylic acids is 1. The van der Waals surface area contributed by atoms with Crippen LogP contribution < -0.4 is 5.32 Å². The molecule has 104 valence electrons. The second-order valence-electron chi connectivity index (χ2n) is 3.98. The highest BCUT2D eigenvalue weighted by molar-refractivity contribution is 5.76. The largest absolute Gasteiger partial charge is 0.481 e. The van der Waals surface area contributed by atoms with E-state index in [0.29, 0.717) is 19.4 Å². The quantitative estimate of drug-likeness (QED) is 0.452. The molecule has 6 nitrogen and oxygen atoms in total. The molecule has 0 aromatic carbocycles. The Kier molecular flexibility index (Phi) is 9.62. The van der Waals surface area contributed by atoms with E-state index in [4.69, 9.17) is 5.11 Å². The topological polar surface area (TPSA) is 92.7 Å². The van der Waals surface area contributed by atoms with Crippen LogP contribution in [0.5, 0.6) is 0 Å². The van der Waals surface area contributed by atoms with Crippen molar-refractivity contribution < 1.29 is 24.2 Å². The summed E-state index contributed by atoms with van der Waals surface area (Å²) in [5.74, 6) is -1.21. The minimum absolute atomic E-state index is 0.0860. The third-order valence-electron chi connectivity index (χ3n) is 2.42. The van der Waals surface area contributed by atoms with Crippen molar-refractivity contribution in [1.29, 1.82) is 0 Å². The number of amides is 1. The molecule has 0 saturated carbocycles. The molecule has 0 saturated heterocycles. The summed E-state index contributed by atoms with van der Waals surface area (Å²) < 4.78 is 4.44. The molecule has 0 fully saturated rings. The molecule has 0 radical (unpaired) electrons. The lowest BCUT2D eigenvalue weighted by Gasteiger charge is -2.04. The normalized spacial score (nSPS) is 9.83. The van der Waals surface area contributed by atoms with Crippen molar-refractivity contribution in [3.8, 4) is 0 Å². The number of carboxylic acid groups (broad SMARTS) is 1. The summed E-state index contributed by atoms with van der Waals surface area (Å²) >= 11 is 0. The first-order chi connectivity index (χ1) is 8.56. The molecule has 0 aromatic rings. The molecule has 0 aliphatic rings. The van der Waals surface area contributed by atoms with Gasteiger partial charge in [-0.3, -0.25) is 14.4 Å². The average molecular weight is 259 g/mol. The number of unbranched alkanes of at least 4 members (excludes halogenated alkanes) is 3. The number of hydrogen-bond donors (Lipinski definition) is 2. The van der Waals surface area contributed by atoms with Gasteiger partial charge in [-0.2, -0.15) is 0 Å². The van der Waals surface area contributed by atoms with Crippen molar-refractivity contribution in [2.24, 2.45) is 0 Å². The molecule has 1 amide bonds. The van der Waals surface area contributed by atoms with Gasteiger partial charge in [0.25, 0.3) is 0 Å². The van der Waals surface area contributed by atoms with Gasteiger partial charge < -0.3 is 15.2 Å². The van der Waals surface area contributed by atoms with E-state index >= 15 is 0 Å². The van der Waals surface area contributed by atoms with Gasteiger partial charge in [-0.15, -0.1) is 0 Å². The molecule has 0 spiro atoms. The molecule has 0 aliphatic carbocycles. The molecule has 0 rings (SSSR count). The van der Waals surface area contributed by atoms with E-state index in [9.17, 15) is 14.4 Å². The third-order valence-corrected chi connectivity index (χ3v) is 2.42. The van der Waals surface area contributed by atoms with Crippen LogP contribution in [0.2, 0.25) is 0 Å². The summed E-state index contributed by atoms with van der Waals surface area (Å²) in [5.41, 5.74) is 0. The van der Waals surface area contributed by atoms with Gasteiger partial charge >= 0.3 is 11.9 Å². The van der Waals surface area contributed by atoms with E-state index in [0.717, 1.165) is 19.3 Å². The zero-order chi connectivity index (χ0) is 13.8. The van der Waals surface area contributed by atoms with Crippen LogP contribution in [-0.4, -0.2) is 36.6 Å². The van der Waals surface area contributed by atoms with Crippen LogP contribution in [0, 0.1) is 0 Å². The van der Waals surface area contributed by atoms with Crippen molar-refractivity contribution in [3.63, 3.8) is 0 Å².